The van der Waals surface area contributed by atoms with Crippen molar-refractivity contribution in [1.82, 2.24) is 9.97 Å². The molecule has 0 saturated heterocycles. The van der Waals surface area contributed by atoms with E-state index in [2.05, 4.69) is 15.3 Å². The van der Waals surface area contributed by atoms with Crippen LogP contribution in [0.2, 0.25) is 0 Å². The minimum absolute atomic E-state index is 0.278. The Morgan fingerprint density at radius 2 is 2.12 bits per heavy atom. The summed E-state index contributed by atoms with van der Waals surface area (Å²) in [4.78, 5) is 7.98. The average molecular weight is 240 g/mol. The summed E-state index contributed by atoms with van der Waals surface area (Å²) in [6.07, 6.45) is 1.41. The van der Waals surface area contributed by atoms with Gasteiger partial charge in [0, 0.05) is 13.2 Å². The van der Waals surface area contributed by atoms with Crippen LogP contribution in [0.4, 0.5) is 11.5 Å². The summed E-state index contributed by atoms with van der Waals surface area (Å²) in [5, 5.41) is 3.13. The molecule has 0 aliphatic carbocycles. The Morgan fingerprint density at radius 3 is 2.71 bits per heavy atom. The fraction of sp³-hybridized carbons (Fsp3) is 0.636. The summed E-state index contributed by atoms with van der Waals surface area (Å²) in [7, 11) is 1.52. The lowest BCUT2D eigenvalue weighted by Gasteiger charge is -2.25. The largest absolute Gasteiger partial charge is 0.479 e. The van der Waals surface area contributed by atoms with Crippen LogP contribution < -0.4 is 15.8 Å². The van der Waals surface area contributed by atoms with Gasteiger partial charge in [-0.15, -0.1) is 0 Å². The van der Waals surface area contributed by atoms with E-state index in [9.17, 15) is 0 Å². The minimum Gasteiger partial charge on any atom is -0.479 e. The summed E-state index contributed by atoms with van der Waals surface area (Å²) < 4.78 is 10.6. The normalized spacial score (nSPS) is 11.3. The summed E-state index contributed by atoms with van der Waals surface area (Å²) in [5.41, 5.74) is 5.97. The average Bonchev–Trinajstić information content (AvgIpc) is 2.28. The smallest absolute Gasteiger partial charge is 0.242 e. The predicted octanol–water partition coefficient (Wildman–Crippen LogP) is 1.29. The zero-order valence-corrected chi connectivity index (χ0v) is 10.8. The Balaban J connectivity index is 2.69. The fourth-order valence-electron chi connectivity index (χ4n) is 1.42. The van der Waals surface area contributed by atoms with E-state index in [1.807, 2.05) is 20.8 Å². The highest BCUT2D eigenvalue weighted by Crippen LogP contribution is 2.24. The summed E-state index contributed by atoms with van der Waals surface area (Å²) in [5.74, 6) is 0.932. The second-order valence-corrected chi connectivity index (χ2v) is 4.19. The summed E-state index contributed by atoms with van der Waals surface area (Å²) in [6, 6.07) is 0. The van der Waals surface area contributed by atoms with E-state index < -0.39 is 0 Å². The molecule has 0 atom stereocenters. The molecule has 6 nitrogen and oxygen atoms in total. The molecule has 3 N–H and O–H groups in total. The molecule has 0 unspecified atom stereocenters. The molecule has 1 rings (SSSR count). The van der Waals surface area contributed by atoms with E-state index in [0.717, 1.165) is 0 Å². The van der Waals surface area contributed by atoms with Crippen LogP contribution in [0.3, 0.4) is 0 Å². The van der Waals surface area contributed by atoms with Crippen molar-refractivity contribution in [3.63, 3.8) is 0 Å². The molecule has 0 aliphatic rings. The molecule has 0 saturated carbocycles. The number of ether oxygens (including phenoxy) is 2. The number of hydrogen-bond donors (Lipinski definition) is 2. The van der Waals surface area contributed by atoms with Crippen molar-refractivity contribution in [2.45, 2.75) is 26.4 Å². The molecule has 17 heavy (non-hydrogen) atoms. The molecular weight excluding hydrogens is 220 g/mol. The zero-order valence-electron chi connectivity index (χ0n) is 10.8. The number of nitrogens with two attached hydrogens (primary N) is 1. The first-order valence-corrected chi connectivity index (χ1v) is 5.52. The second kappa shape index (κ2) is 5.67. The lowest BCUT2D eigenvalue weighted by atomic mass is 10.1. The van der Waals surface area contributed by atoms with Crippen LogP contribution in [0.5, 0.6) is 5.88 Å². The minimum atomic E-state index is -0.278. The first kappa shape index (κ1) is 13.5. The highest BCUT2D eigenvalue weighted by atomic mass is 16.5. The predicted molar refractivity (Wildman–Crippen MR) is 67.2 cm³/mol. The highest BCUT2D eigenvalue weighted by Gasteiger charge is 2.18. The molecule has 96 valence electrons. The van der Waals surface area contributed by atoms with Gasteiger partial charge in [-0.25, -0.2) is 4.98 Å². The van der Waals surface area contributed by atoms with Gasteiger partial charge in [0.2, 0.25) is 5.88 Å². The van der Waals surface area contributed by atoms with Gasteiger partial charge in [0.15, 0.2) is 5.82 Å². The lowest BCUT2D eigenvalue weighted by molar-refractivity contribution is 0.000649. The van der Waals surface area contributed by atoms with Gasteiger partial charge >= 0.3 is 0 Å². The number of nitrogen functional groups attached to an aromatic ring is 1. The van der Waals surface area contributed by atoms with Crippen LogP contribution in [0.1, 0.15) is 20.8 Å². The van der Waals surface area contributed by atoms with Crippen LogP contribution in [-0.4, -0.2) is 35.8 Å². The van der Waals surface area contributed by atoms with Crippen molar-refractivity contribution in [2.24, 2.45) is 0 Å². The van der Waals surface area contributed by atoms with E-state index in [-0.39, 0.29) is 5.60 Å². The Hall–Kier alpha value is -1.56. The maximum atomic E-state index is 5.84. The fourth-order valence-corrected chi connectivity index (χ4v) is 1.42. The van der Waals surface area contributed by atoms with Crippen LogP contribution in [0.15, 0.2) is 6.33 Å². The molecule has 1 aromatic heterocycles. The van der Waals surface area contributed by atoms with Gasteiger partial charge in [0.05, 0.1) is 12.7 Å². The molecule has 0 spiro atoms. The second-order valence-electron chi connectivity index (χ2n) is 4.19. The molecule has 0 aliphatic heterocycles. The number of hydrogen-bond acceptors (Lipinski definition) is 6. The number of nitrogens with one attached hydrogen (secondary N) is 1. The maximum Gasteiger partial charge on any atom is 0.242 e. The Labute approximate surface area is 102 Å². The topological polar surface area (TPSA) is 82.3 Å². The number of nitrogens with zero attached hydrogens (tertiary/aromatic N) is 2. The number of aromatic nitrogens is 2. The van der Waals surface area contributed by atoms with Gasteiger partial charge in [0.1, 0.15) is 12.0 Å². The SMILES string of the molecule is CCOC(C)(C)CNc1ncnc(OC)c1N. The van der Waals surface area contributed by atoms with Gasteiger partial charge in [-0.2, -0.15) is 4.98 Å². The van der Waals surface area contributed by atoms with Crippen molar-refractivity contribution in [3.8, 4) is 5.88 Å². The van der Waals surface area contributed by atoms with Crippen molar-refractivity contribution in [3.05, 3.63) is 6.33 Å². The third kappa shape index (κ3) is 3.74. The first-order chi connectivity index (χ1) is 8.00. The van der Waals surface area contributed by atoms with Crippen molar-refractivity contribution in [1.29, 1.82) is 0 Å². The van der Waals surface area contributed by atoms with Gasteiger partial charge in [-0.1, -0.05) is 0 Å². The molecule has 0 bridgehead atoms. The quantitative estimate of drug-likeness (QED) is 0.779. The van der Waals surface area contributed by atoms with Crippen molar-refractivity contribution < 1.29 is 9.47 Å². The van der Waals surface area contributed by atoms with Crippen LogP contribution in [0, 0.1) is 0 Å². The molecule has 6 heteroatoms. The highest BCUT2D eigenvalue weighted by molar-refractivity contribution is 5.66. The molecule has 1 heterocycles. The van der Waals surface area contributed by atoms with Crippen LogP contribution in [0.25, 0.3) is 0 Å². The standard InChI is InChI=1S/C11H20N4O2/c1-5-17-11(2,3)6-13-9-8(12)10(16-4)15-7-14-9/h7H,5-6,12H2,1-4H3,(H,13,14,15). The molecule has 0 amide bonds. The third-order valence-electron chi connectivity index (χ3n) is 2.26. The Bertz CT molecular complexity index is 368. The zero-order chi connectivity index (χ0) is 12.9. The van der Waals surface area contributed by atoms with E-state index in [1.54, 1.807) is 0 Å². The monoisotopic (exact) mass is 240 g/mol. The van der Waals surface area contributed by atoms with Gasteiger partial charge < -0.3 is 20.5 Å². The first-order valence-electron chi connectivity index (χ1n) is 5.52. The summed E-state index contributed by atoms with van der Waals surface area (Å²) in [6.45, 7) is 7.22. The van der Waals surface area contributed by atoms with Crippen molar-refractivity contribution in [2.75, 3.05) is 31.3 Å². The molecule has 0 aromatic carbocycles. The van der Waals surface area contributed by atoms with Crippen molar-refractivity contribution >= 4 is 11.5 Å². The van der Waals surface area contributed by atoms with E-state index in [0.29, 0.717) is 30.5 Å². The molecule has 1 aromatic rings. The van der Waals surface area contributed by atoms with Gasteiger partial charge in [-0.3, -0.25) is 0 Å². The maximum absolute atomic E-state index is 5.84. The molecule has 0 fully saturated rings. The van der Waals surface area contributed by atoms with Crippen LogP contribution >= 0.6 is 0 Å². The number of rotatable bonds is 6. The number of anilines is 2. The number of methoxy groups -OCH3 is 1. The molecular formula is C11H20N4O2. The lowest BCUT2D eigenvalue weighted by Crippen LogP contribution is -2.33. The Morgan fingerprint density at radius 1 is 1.41 bits per heavy atom. The molecule has 0 radical (unpaired) electrons. The van der Waals surface area contributed by atoms with E-state index in [1.165, 1.54) is 13.4 Å². The van der Waals surface area contributed by atoms with Gasteiger partial charge in [0.25, 0.3) is 0 Å². The van der Waals surface area contributed by atoms with E-state index in [4.69, 9.17) is 15.2 Å². The third-order valence-corrected chi connectivity index (χ3v) is 2.26. The van der Waals surface area contributed by atoms with E-state index >= 15 is 0 Å². The Kier molecular flexibility index (Phi) is 4.51. The van der Waals surface area contributed by atoms with Gasteiger partial charge in [-0.05, 0) is 20.8 Å². The summed E-state index contributed by atoms with van der Waals surface area (Å²) >= 11 is 0. The van der Waals surface area contributed by atoms with Crippen LogP contribution in [-0.2, 0) is 4.74 Å².